The fraction of sp³-hybridized carbons (Fsp3) is 0. The van der Waals surface area contributed by atoms with Crippen LogP contribution in [0.5, 0.6) is 0 Å². The molecule has 0 N–H and O–H groups in total. The first-order valence-electron chi connectivity index (χ1n) is 11.0. The molecule has 0 fully saturated rings. The fourth-order valence-electron chi connectivity index (χ4n) is 3.51. The smallest absolute Gasteiger partial charge is 0.744 e. The molecule has 4 rings (SSSR count). The number of hydrogen-bond acceptors (Lipinski definition) is 7. The average Bonchev–Trinajstić information content (AvgIpc) is 2.91. The molecule has 0 bridgehead atoms. The number of halogens is 2. The van der Waals surface area contributed by atoms with E-state index >= 15 is 0 Å². The van der Waals surface area contributed by atoms with Crippen molar-refractivity contribution in [1.82, 2.24) is 0 Å². The summed E-state index contributed by atoms with van der Waals surface area (Å²) >= 11 is 12.7. The van der Waals surface area contributed by atoms with Gasteiger partial charge < -0.3 is 9.81 Å². The molecule has 0 aliphatic heterocycles. The van der Waals surface area contributed by atoms with Gasteiger partial charge in [-0.1, -0.05) is 108 Å². The molecule has 4 aromatic rings. The molecule has 0 heterocycles. The second-order valence-corrected chi connectivity index (χ2v) is 10.9. The average molecular weight is 599 g/mol. The topological polar surface area (TPSA) is 98.7 Å². The van der Waals surface area contributed by atoms with Crippen molar-refractivity contribution in [2.24, 2.45) is 0 Å². The van der Waals surface area contributed by atoms with Crippen molar-refractivity contribution in [2.45, 2.75) is 9.79 Å². The van der Waals surface area contributed by atoms with E-state index in [4.69, 9.17) is 23.2 Å². The van der Waals surface area contributed by atoms with Crippen molar-refractivity contribution in [3.63, 3.8) is 0 Å². The first-order valence-corrected chi connectivity index (χ1v) is 13.9. The molecule has 0 unspecified atom stereocenters. The van der Waals surface area contributed by atoms with Crippen LogP contribution in [0.1, 0.15) is 22.3 Å². The Morgan fingerprint density at radius 1 is 0.650 bits per heavy atom. The van der Waals surface area contributed by atoms with Crippen molar-refractivity contribution in [2.75, 3.05) is 0 Å². The van der Waals surface area contributed by atoms with Gasteiger partial charge in [-0.25, -0.2) is 8.42 Å². The molecule has 0 saturated heterocycles. The summed E-state index contributed by atoms with van der Waals surface area (Å²) in [5, 5.41) is 13.8. The van der Waals surface area contributed by atoms with E-state index in [9.17, 15) is 18.2 Å². The van der Waals surface area contributed by atoms with Gasteiger partial charge in [0.05, 0.1) is 31.9 Å². The van der Waals surface area contributed by atoms with Gasteiger partial charge in [0.1, 0.15) is 10.1 Å². The van der Waals surface area contributed by atoms with Crippen LogP contribution in [0.3, 0.4) is 0 Å². The first kappa shape index (κ1) is 34.5. The van der Waals surface area contributed by atoms with Crippen molar-refractivity contribution in [1.29, 1.82) is 0 Å². The van der Waals surface area contributed by atoms with Crippen LogP contribution in [0.25, 0.3) is 35.4 Å². The zero-order valence-corrected chi connectivity index (χ0v) is 24.6. The predicted molar refractivity (Wildman–Crippen MR) is 149 cm³/mol. The van der Waals surface area contributed by atoms with E-state index in [0.717, 1.165) is 39.9 Å². The van der Waals surface area contributed by atoms with E-state index in [2.05, 4.69) is 9.37 Å². The fourth-order valence-corrected chi connectivity index (χ4v) is 5.14. The Morgan fingerprint density at radius 3 is 1.55 bits per heavy atom. The molecule has 6 nitrogen and oxygen atoms in total. The van der Waals surface area contributed by atoms with Gasteiger partial charge in [-0.05, 0) is 57.6 Å². The number of rotatable bonds is 9. The van der Waals surface area contributed by atoms with E-state index in [0.29, 0.717) is 15.5 Å². The van der Waals surface area contributed by atoms with Gasteiger partial charge in [0.15, 0.2) is 0 Å². The van der Waals surface area contributed by atoms with Crippen molar-refractivity contribution in [3.05, 3.63) is 117 Å². The molecular formula is C28H18Cl2Li2O6S2. The first-order chi connectivity index (χ1) is 18.2. The van der Waals surface area contributed by atoms with Gasteiger partial charge in [0.25, 0.3) is 0 Å². The van der Waals surface area contributed by atoms with Gasteiger partial charge >= 0.3 is 37.7 Å². The Bertz CT molecular complexity index is 1590. The van der Waals surface area contributed by atoms with Crippen LogP contribution in [0.2, 0.25) is 10.0 Å². The zero-order valence-electron chi connectivity index (χ0n) is 21.4. The summed E-state index contributed by atoms with van der Waals surface area (Å²) < 4.78 is 38.4. The van der Waals surface area contributed by atoms with E-state index in [1.807, 2.05) is 72.8 Å². The Morgan fingerprint density at radius 2 is 1.07 bits per heavy atom. The third kappa shape index (κ3) is 9.68. The third-order valence-corrected chi connectivity index (χ3v) is 7.82. The van der Waals surface area contributed by atoms with E-state index in [1.54, 1.807) is 24.3 Å². The standard InChI is InChI=1S/C28H20Cl2O6S2.2Li/c29-25-15-9-21(17-27(25)37-36-35-31)3-1-19-5-11-23(12-6-19)24-13-7-20(8-14-24)2-4-22-10-16-26(30)28(18-22)38(32,33)34;;/h1-18,31H,(H,32,33,34);;/q;2*+1/p-2/b3-1+,4-2+;;. The summed E-state index contributed by atoms with van der Waals surface area (Å²) in [6.07, 6.45) is 7.42. The summed E-state index contributed by atoms with van der Waals surface area (Å²) in [4.78, 5) is 0.124. The summed E-state index contributed by atoms with van der Waals surface area (Å²) in [5.41, 5.74) is 5.41. The van der Waals surface area contributed by atoms with Crippen LogP contribution in [0, 0.1) is 0 Å². The largest absolute Gasteiger partial charge is 1.00 e. The van der Waals surface area contributed by atoms with Crippen LogP contribution in [-0.4, -0.2) is 13.0 Å². The molecular weight excluding hydrogens is 581 g/mol. The second-order valence-electron chi connectivity index (χ2n) is 7.96. The van der Waals surface area contributed by atoms with Crippen LogP contribution < -0.4 is 43.0 Å². The second kappa shape index (κ2) is 16.1. The Labute approximate surface area is 271 Å². The SMILES string of the molecule is O=S(=O)([O-])c1cc(/C=C/c2ccc(-c3ccc(/C=C/c4ccc(Cl)c(SOO[O-])c4)cc3)cc2)ccc1Cl.[Li+].[Li+]. The van der Waals surface area contributed by atoms with Gasteiger partial charge in [-0.2, -0.15) is 4.33 Å². The molecule has 12 heteroatoms. The molecule has 0 aliphatic rings. The maximum absolute atomic E-state index is 11.3. The van der Waals surface area contributed by atoms with Gasteiger partial charge in [-0.15, -0.1) is 0 Å². The molecule has 4 aromatic carbocycles. The minimum atomic E-state index is -4.65. The maximum Gasteiger partial charge on any atom is 1.00 e. The van der Waals surface area contributed by atoms with Crippen LogP contribution in [0.15, 0.2) is 94.7 Å². The summed E-state index contributed by atoms with van der Waals surface area (Å²) in [6.45, 7) is 0. The number of benzene rings is 4. The van der Waals surface area contributed by atoms with Crippen LogP contribution in [0.4, 0.5) is 0 Å². The maximum atomic E-state index is 11.3. The van der Waals surface area contributed by atoms with Gasteiger partial charge in [-0.3, -0.25) is 5.04 Å². The Balaban J connectivity index is 0.00000280. The molecule has 194 valence electrons. The quantitative estimate of drug-likeness (QED) is 0.0711. The molecule has 0 atom stereocenters. The third-order valence-electron chi connectivity index (χ3n) is 5.42. The molecule has 40 heavy (non-hydrogen) atoms. The minimum Gasteiger partial charge on any atom is -0.744 e. The monoisotopic (exact) mass is 598 g/mol. The van der Waals surface area contributed by atoms with E-state index in [-0.39, 0.29) is 42.7 Å². The predicted octanol–water partition coefficient (Wildman–Crippen LogP) is 1.14. The minimum absolute atomic E-state index is 0. The van der Waals surface area contributed by atoms with Gasteiger partial charge in [0.2, 0.25) is 0 Å². The summed E-state index contributed by atoms with van der Waals surface area (Å²) in [6, 6.07) is 25.5. The molecule has 0 spiro atoms. The molecule has 0 aromatic heterocycles. The molecule has 0 amide bonds. The van der Waals surface area contributed by atoms with Crippen LogP contribution in [-0.2, 0) is 19.5 Å². The van der Waals surface area contributed by atoms with Crippen molar-refractivity contribution < 1.29 is 65.3 Å². The summed E-state index contributed by atoms with van der Waals surface area (Å²) in [7, 11) is -4.65. The number of hydrogen-bond donors (Lipinski definition) is 0. The van der Waals surface area contributed by atoms with E-state index in [1.165, 1.54) is 12.1 Å². The normalized spacial score (nSPS) is 11.4. The molecule has 0 radical (unpaired) electrons. The van der Waals surface area contributed by atoms with Crippen LogP contribution >= 0.6 is 35.2 Å². The van der Waals surface area contributed by atoms with Crippen molar-refractivity contribution >= 4 is 69.7 Å². The van der Waals surface area contributed by atoms with Gasteiger partial charge in [0, 0.05) is 0 Å². The Hall–Kier alpha value is -1.73. The molecule has 0 saturated carbocycles. The molecule has 0 aliphatic carbocycles. The zero-order chi connectivity index (χ0) is 27.1. The van der Waals surface area contributed by atoms with Crippen molar-refractivity contribution in [3.8, 4) is 11.1 Å². The van der Waals surface area contributed by atoms with E-state index < -0.39 is 15.0 Å². The Kier molecular flexibility index (Phi) is 13.8. The summed E-state index contributed by atoms with van der Waals surface area (Å²) in [5.74, 6) is 0.